The third-order valence-corrected chi connectivity index (χ3v) is 8.15. The van der Waals surface area contributed by atoms with Crippen LogP contribution in [-0.2, 0) is 47.2 Å². The Balaban J connectivity index is 1.47. The lowest BCUT2D eigenvalue weighted by atomic mass is 9.82. The molecule has 1 saturated heterocycles. The van der Waals surface area contributed by atoms with E-state index in [1.807, 2.05) is 0 Å². The largest absolute Gasteiger partial charge is 0.490 e. The van der Waals surface area contributed by atoms with Crippen molar-refractivity contribution in [3.8, 4) is 5.75 Å². The van der Waals surface area contributed by atoms with Crippen molar-refractivity contribution >= 4 is 5.69 Å². The Hall–Kier alpha value is -2.24. The first-order chi connectivity index (χ1) is 21.1. The fraction of sp³-hybridized carbons (Fsp3) is 0.647. The van der Waals surface area contributed by atoms with Crippen LogP contribution in [0.15, 0.2) is 42.5 Å². The second kappa shape index (κ2) is 17.9. The van der Waals surface area contributed by atoms with Gasteiger partial charge in [0, 0.05) is 53.6 Å². The number of hydrogen-bond donors (Lipinski definition) is 1. The quantitative estimate of drug-likeness (QED) is 0.234. The van der Waals surface area contributed by atoms with E-state index < -0.39 is 5.60 Å². The van der Waals surface area contributed by atoms with E-state index >= 15 is 0 Å². The molecule has 0 bridgehead atoms. The molecule has 0 aromatic heterocycles. The Morgan fingerprint density at radius 2 is 1.72 bits per heavy atom. The molecule has 2 heterocycles. The molecule has 2 aliphatic rings. The van der Waals surface area contributed by atoms with Crippen LogP contribution in [0, 0.1) is 5.92 Å². The zero-order valence-corrected chi connectivity index (χ0v) is 26.6. The minimum atomic E-state index is -0.561. The van der Waals surface area contributed by atoms with E-state index in [4.69, 9.17) is 33.2 Å². The van der Waals surface area contributed by atoms with Gasteiger partial charge in [-0.1, -0.05) is 37.3 Å². The Kier molecular flexibility index (Phi) is 14.0. The monoisotopic (exact) mass is 600 g/mol. The summed E-state index contributed by atoms with van der Waals surface area (Å²) in [6.07, 6.45) is 2.46. The number of benzene rings is 2. The summed E-state index contributed by atoms with van der Waals surface area (Å²) in [5, 5.41) is 3.54. The van der Waals surface area contributed by atoms with Gasteiger partial charge in [0.2, 0.25) is 0 Å². The molecule has 0 spiro atoms. The lowest BCUT2D eigenvalue weighted by molar-refractivity contribution is -0.171. The van der Waals surface area contributed by atoms with Crippen molar-refractivity contribution in [3.63, 3.8) is 0 Å². The van der Waals surface area contributed by atoms with E-state index in [0.29, 0.717) is 58.7 Å². The third-order valence-electron chi connectivity index (χ3n) is 8.15. The van der Waals surface area contributed by atoms with Crippen LogP contribution in [-0.4, -0.2) is 93.3 Å². The molecule has 3 atom stereocenters. The number of anilines is 1. The van der Waals surface area contributed by atoms with Gasteiger partial charge in [0.05, 0.1) is 45.3 Å². The maximum Gasteiger partial charge on any atom is 0.142 e. The van der Waals surface area contributed by atoms with E-state index in [0.717, 1.165) is 73.6 Å². The van der Waals surface area contributed by atoms with Crippen molar-refractivity contribution in [1.82, 2.24) is 5.32 Å². The Morgan fingerprint density at radius 3 is 2.51 bits per heavy atom. The van der Waals surface area contributed by atoms with Gasteiger partial charge in [0.15, 0.2) is 0 Å². The number of hydrogen-bond acceptors (Lipinski definition) is 9. The van der Waals surface area contributed by atoms with Crippen molar-refractivity contribution in [2.45, 2.75) is 51.1 Å². The molecule has 2 aliphatic heterocycles. The molecule has 9 heteroatoms. The molecule has 0 saturated carbocycles. The minimum Gasteiger partial charge on any atom is -0.490 e. The number of fused-ring (bicyclic) bond motifs is 1. The normalized spacial score (nSPS) is 20.9. The number of rotatable bonds is 19. The molecule has 1 unspecified atom stereocenters. The Labute approximate surface area is 258 Å². The van der Waals surface area contributed by atoms with Gasteiger partial charge in [-0.2, -0.15) is 0 Å². The van der Waals surface area contributed by atoms with E-state index in [-0.39, 0.29) is 6.10 Å². The highest BCUT2D eigenvalue weighted by atomic mass is 16.6. The van der Waals surface area contributed by atoms with Crippen LogP contribution in [0.2, 0.25) is 0 Å². The molecule has 0 aliphatic carbocycles. The van der Waals surface area contributed by atoms with E-state index in [2.05, 4.69) is 59.6 Å². The first kappa shape index (κ1) is 33.6. The van der Waals surface area contributed by atoms with Crippen LogP contribution in [0.5, 0.6) is 5.75 Å². The lowest BCUT2D eigenvalue weighted by Gasteiger charge is -2.44. The summed E-state index contributed by atoms with van der Waals surface area (Å²) in [5.41, 5.74) is 3.96. The van der Waals surface area contributed by atoms with E-state index in [9.17, 15) is 0 Å². The average molecular weight is 601 g/mol. The third kappa shape index (κ3) is 9.62. The Morgan fingerprint density at radius 1 is 0.930 bits per heavy atom. The van der Waals surface area contributed by atoms with Crippen molar-refractivity contribution < 1.29 is 33.2 Å². The summed E-state index contributed by atoms with van der Waals surface area (Å²) in [7, 11) is 5.20. The summed E-state index contributed by atoms with van der Waals surface area (Å²) in [5.74, 6) is 1.29. The van der Waals surface area contributed by atoms with Crippen LogP contribution in [0.3, 0.4) is 0 Å². The molecule has 2 aromatic carbocycles. The number of nitrogens with one attached hydrogen (secondary N) is 1. The van der Waals surface area contributed by atoms with Crippen LogP contribution in [0.1, 0.15) is 42.9 Å². The number of piperidine rings is 1. The van der Waals surface area contributed by atoms with Crippen LogP contribution in [0.4, 0.5) is 5.69 Å². The van der Waals surface area contributed by atoms with E-state index in [1.54, 1.807) is 21.3 Å². The zero-order valence-electron chi connectivity index (χ0n) is 26.6. The fourth-order valence-corrected chi connectivity index (χ4v) is 5.89. The van der Waals surface area contributed by atoms with Crippen molar-refractivity contribution in [2.24, 2.45) is 5.92 Å². The van der Waals surface area contributed by atoms with Crippen molar-refractivity contribution in [2.75, 3.05) is 92.0 Å². The highest BCUT2D eigenvalue weighted by Crippen LogP contribution is 2.38. The number of methoxy groups -OCH3 is 3. The molecule has 240 valence electrons. The predicted octanol–water partition coefficient (Wildman–Crippen LogP) is 4.55. The molecule has 0 amide bonds. The van der Waals surface area contributed by atoms with Gasteiger partial charge in [0.25, 0.3) is 0 Å². The Bertz CT molecular complexity index is 1070. The molecule has 43 heavy (non-hydrogen) atoms. The van der Waals surface area contributed by atoms with Gasteiger partial charge in [-0.05, 0) is 54.6 Å². The molecule has 1 N–H and O–H groups in total. The second-order valence-electron chi connectivity index (χ2n) is 11.6. The smallest absolute Gasteiger partial charge is 0.142 e. The summed E-state index contributed by atoms with van der Waals surface area (Å²) in [4.78, 5) is 2.39. The van der Waals surface area contributed by atoms with Gasteiger partial charge in [0.1, 0.15) is 24.1 Å². The van der Waals surface area contributed by atoms with Crippen molar-refractivity contribution in [3.05, 3.63) is 59.2 Å². The molecular weight excluding hydrogens is 548 g/mol. The maximum absolute atomic E-state index is 6.77. The first-order valence-corrected chi connectivity index (χ1v) is 15.7. The summed E-state index contributed by atoms with van der Waals surface area (Å²) in [6, 6.07) is 15.1. The topological polar surface area (TPSA) is 79.9 Å². The molecule has 1 fully saturated rings. The average Bonchev–Trinajstić information content (AvgIpc) is 3.03. The highest BCUT2D eigenvalue weighted by molar-refractivity contribution is 5.61. The number of ether oxygens (including phenoxy) is 7. The summed E-state index contributed by atoms with van der Waals surface area (Å²) < 4.78 is 41.2. The SMILES string of the molecule is COCCCO[C@]1(c2ccc(COCC(C)COC)cc2)CCNC[C@@H]1OCc1ccc2c(c1)N(CCCOC)CCO2. The standard InChI is InChI=1S/C34H52N2O7/c1-27(23-39-4)24-40-25-28-7-10-30(11-8-28)34(43-19-6-18-38-3)13-14-35-22-33(34)42-26-29-9-12-32-31(21-29)36(16-20-41-32)15-5-17-37-2/h7-12,21,27,33,35H,5-6,13-20,22-26H2,1-4H3/t27?,33-,34-/m0/s1. The van der Waals surface area contributed by atoms with Crippen LogP contribution >= 0.6 is 0 Å². The maximum atomic E-state index is 6.77. The van der Waals surface area contributed by atoms with E-state index in [1.165, 1.54) is 0 Å². The minimum absolute atomic E-state index is 0.161. The second-order valence-corrected chi connectivity index (χ2v) is 11.6. The van der Waals surface area contributed by atoms with Crippen molar-refractivity contribution in [1.29, 1.82) is 0 Å². The fourth-order valence-electron chi connectivity index (χ4n) is 5.89. The lowest BCUT2D eigenvalue weighted by Crippen LogP contribution is -2.54. The van der Waals surface area contributed by atoms with Gasteiger partial charge in [-0.15, -0.1) is 0 Å². The molecule has 2 aromatic rings. The van der Waals surface area contributed by atoms with Gasteiger partial charge < -0.3 is 43.4 Å². The molecule has 9 nitrogen and oxygen atoms in total. The van der Waals surface area contributed by atoms with Gasteiger partial charge in [-0.3, -0.25) is 0 Å². The predicted molar refractivity (Wildman–Crippen MR) is 168 cm³/mol. The molecular formula is C34H52N2O7. The first-order valence-electron chi connectivity index (χ1n) is 15.7. The van der Waals surface area contributed by atoms with Crippen LogP contribution < -0.4 is 15.0 Å². The van der Waals surface area contributed by atoms with Gasteiger partial charge >= 0.3 is 0 Å². The van der Waals surface area contributed by atoms with Gasteiger partial charge in [-0.25, -0.2) is 0 Å². The highest BCUT2D eigenvalue weighted by Gasteiger charge is 2.44. The molecule has 4 rings (SSSR count). The van der Waals surface area contributed by atoms with Crippen LogP contribution in [0.25, 0.3) is 0 Å². The summed E-state index contributed by atoms with van der Waals surface area (Å²) >= 11 is 0. The zero-order chi connectivity index (χ0) is 30.3. The molecule has 0 radical (unpaired) electrons. The number of nitrogens with zero attached hydrogens (tertiary/aromatic N) is 1. The summed E-state index contributed by atoms with van der Waals surface area (Å²) in [6.45, 7) is 10.6.